The average Bonchev–Trinajstić information content (AvgIpc) is 2.20. The van der Waals surface area contributed by atoms with Gasteiger partial charge in [-0.3, -0.25) is 9.59 Å². The van der Waals surface area contributed by atoms with Crippen LogP contribution < -0.4 is 11.1 Å². The van der Waals surface area contributed by atoms with Crippen LogP contribution in [-0.2, 0) is 16.0 Å². The minimum atomic E-state index is -0.956. The van der Waals surface area contributed by atoms with Gasteiger partial charge in [-0.05, 0) is 32.8 Å². The number of nitrogens with one attached hydrogen (secondary N) is 1. The van der Waals surface area contributed by atoms with Crippen LogP contribution in [0.4, 0.5) is 0 Å². The van der Waals surface area contributed by atoms with Gasteiger partial charge in [0.1, 0.15) is 0 Å². The SMILES string of the molecule is Cc1ccc(CC(C)(C)NC(=O)C(N)=O)cc1. The molecular formula is C13H18N2O2. The number of hydrogen-bond donors (Lipinski definition) is 2. The number of carbonyl (C=O) groups is 2. The van der Waals surface area contributed by atoms with Crippen molar-refractivity contribution in [1.29, 1.82) is 0 Å². The number of aryl methyl sites for hydroxylation is 1. The van der Waals surface area contributed by atoms with Gasteiger partial charge in [0, 0.05) is 5.54 Å². The van der Waals surface area contributed by atoms with Crippen molar-refractivity contribution in [3.8, 4) is 0 Å². The second-order valence-corrected chi connectivity index (χ2v) is 4.86. The summed E-state index contributed by atoms with van der Waals surface area (Å²) < 4.78 is 0. The van der Waals surface area contributed by atoms with Crippen LogP contribution in [0.25, 0.3) is 0 Å². The highest BCUT2D eigenvalue weighted by atomic mass is 16.2. The predicted octanol–water partition coefficient (Wildman–Crippen LogP) is 0.918. The van der Waals surface area contributed by atoms with Gasteiger partial charge >= 0.3 is 11.8 Å². The summed E-state index contributed by atoms with van der Waals surface area (Å²) >= 11 is 0. The summed E-state index contributed by atoms with van der Waals surface area (Å²) in [7, 11) is 0. The summed E-state index contributed by atoms with van der Waals surface area (Å²) in [5.74, 6) is -1.70. The molecule has 3 N–H and O–H groups in total. The van der Waals surface area contributed by atoms with Crippen molar-refractivity contribution >= 4 is 11.8 Å². The molecule has 0 aromatic heterocycles. The van der Waals surface area contributed by atoms with Gasteiger partial charge < -0.3 is 11.1 Å². The third-order valence-corrected chi connectivity index (χ3v) is 2.44. The maximum absolute atomic E-state index is 11.2. The fraction of sp³-hybridized carbons (Fsp3) is 0.385. The van der Waals surface area contributed by atoms with Crippen LogP contribution in [0.5, 0.6) is 0 Å². The first-order valence-corrected chi connectivity index (χ1v) is 5.48. The summed E-state index contributed by atoms with van der Waals surface area (Å²) in [6.07, 6.45) is 0.645. The molecule has 1 aromatic carbocycles. The fourth-order valence-electron chi connectivity index (χ4n) is 1.63. The monoisotopic (exact) mass is 234 g/mol. The lowest BCUT2D eigenvalue weighted by molar-refractivity contribution is -0.138. The zero-order valence-electron chi connectivity index (χ0n) is 10.4. The predicted molar refractivity (Wildman–Crippen MR) is 66.3 cm³/mol. The lowest BCUT2D eigenvalue weighted by Crippen LogP contribution is -2.49. The molecule has 0 saturated carbocycles. The average molecular weight is 234 g/mol. The van der Waals surface area contributed by atoms with E-state index in [1.54, 1.807) is 0 Å². The Balaban J connectivity index is 2.69. The second-order valence-electron chi connectivity index (χ2n) is 4.86. The molecule has 4 nitrogen and oxygen atoms in total. The molecule has 2 amide bonds. The molecule has 0 aliphatic rings. The molecule has 0 fully saturated rings. The van der Waals surface area contributed by atoms with Crippen LogP contribution >= 0.6 is 0 Å². The maximum Gasteiger partial charge on any atom is 0.309 e. The molecule has 0 saturated heterocycles. The molecule has 0 atom stereocenters. The van der Waals surface area contributed by atoms with Gasteiger partial charge in [0.05, 0.1) is 0 Å². The molecule has 17 heavy (non-hydrogen) atoms. The van der Waals surface area contributed by atoms with Crippen LogP contribution in [0, 0.1) is 6.92 Å². The maximum atomic E-state index is 11.2. The molecule has 0 spiro atoms. The Bertz CT molecular complexity index is 422. The first-order valence-electron chi connectivity index (χ1n) is 5.48. The molecule has 0 unspecified atom stereocenters. The summed E-state index contributed by atoms with van der Waals surface area (Å²) in [5.41, 5.74) is 6.70. The summed E-state index contributed by atoms with van der Waals surface area (Å²) in [5, 5.41) is 2.61. The zero-order valence-corrected chi connectivity index (χ0v) is 10.4. The Morgan fingerprint density at radius 2 is 1.76 bits per heavy atom. The van der Waals surface area contributed by atoms with Crippen LogP contribution in [0.3, 0.4) is 0 Å². The molecule has 0 bridgehead atoms. The van der Waals surface area contributed by atoms with E-state index in [0.717, 1.165) is 5.56 Å². The molecule has 0 aliphatic heterocycles. The van der Waals surface area contributed by atoms with Gasteiger partial charge in [0.25, 0.3) is 0 Å². The molecule has 0 heterocycles. The van der Waals surface area contributed by atoms with E-state index in [0.29, 0.717) is 6.42 Å². The van der Waals surface area contributed by atoms with E-state index in [-0.39, 0.29) is 0 Å². The third kappa shape index (κ3) is 4.26. The highest BCUT2D eigenvalue weighted by Gasteiger charge is 2.23. The van der Waals surface area contributed by atoms with E-state index in [2.05, 4.69) is 5.32 Å². The van der Waals surface area contributed by atoms with Crippen LogP contribution in [-0.4, -0.2) is 17.4 Å². The van der Waals surface area contributed by atoms with Crippen molar-refractivity contribution in [1.82, 2.24) is 5.32 Å². The van der Waals surface area contributed by atoms with Gasteiger partial charge in [-0.15, -0.1) is 0 Å². The quantitative estimate of drug-likeness (QED) is 0.763. The van der Waals surface area contributed by atoms with Crippen molar-refractivity contribution in [3.63, 3.8) is 0 Å². The minimum Gasteiger partial charge on any atom is -0.361 e. The summed E-state index contributed by atoms with van der Waals surface area (Å²) in [4.78, 5) is 21.9. The fourth-order valence-corrected chi connectivity index (χ4v) is 1.63. The number of nitrogens with two attached hydrogens (primary N) is 1. The van der Waals surface area contributed by atoms with Crippen molar-refractivity contribution < 1.29 is 9.59 Å². The first-order chi connectivity index (χ1) is 7.80. The van der Waals surface area contributed by atoms with E-state index in [4.69, 9.17) is 5.73 Å². The van der Waals surface area contributed by atoms with Crippen molar-refractivity contribution in [3.05, 3.63) is 35.4 Å². The first kappa shape index (κ1) is 13.2. The third-order valence-electron chi connectivity index (χ3n) is 2.44. The van der Waals surface area contributed by atoms with Gasteiger partial charge in [0.2, 0.25) is 0 Å². The number of amides is 2. The number of hydrogen-bond acceptors (Lipinski definition) is 2. The van der Waals surface area contributed by atoms with Gasteiger partial charge in [0.15, 0.2) is 0 Å². The smallest absolute Gasteiger partial charge is 0.309 e. The van der Waals surface area contributed by atoms with E-state index < -0.39 is 17.4 Å². The number of carbonyl (C=O) groups excluding carboxylic acids is 2. The summed E-state index contributed by atoms with van der Waals surface area (Å²) in [6.45, 7) is 5.73. The van der Waals surface area contributed by atoms with E-state index in [1.165, 1.54) is 5.56 Å². The number of primary amides is 1. The Labute approximate surface area is 101 Å². The van der Waals surface area contributed by atoms with E-state index in [9.17, 15) is 9.59 Å². The Morgan fingerprint density at radius 3 is 2.24 bits per heavy atom. The van der Waals surface area contributed by atoms with Crippen molar-refractivity contribution in [2.24, 2.45) is 5.73 Å². The topological polar surface area (TPSA) is 72.2 Å². The lowest BCUT2D eigenvalue weighted by atomic mass is 9.94. The summed E-state index contributed by atoms with van der Waals surface area (Å²) in [6, 6.07) is 8.05. The highest BCUT2D eigenvalue weighted by Crippen LogP contribution is 2.13. The standard InChI is InChI=1S/C13H18N2O2/c1-9-4-6-10(7-5-9)8-13(2,3)15-12(17)11(14)16/h4-7H,8H2,1-3H3,(H2,14,16)(H,15,17). The van der Waals surface area contributed by atoms with Gasteiger partial charge in [-0.2, -0.15) is 0 Å². The number of rotatable bonds is 3. The molecule has 0 radical (unpaired) electrons. The molecular weight excluding hydrogens is 216 g/mol. The Kier molecular flexibility index (Phi) is 3.89. The van der Waals surface area contributed by atoms with E-state index >= 15 is 0 Å². The highest BCUT2D eigenvalue weighted by molar-refractivity contribution is 6.34. The normalized spacial score (nSPS) is 11.0. The Hall–Kier alpha value is -1.84. The van der Waals surface area contributed by atoms with Crippen LogP contribution in [0.2, 0.25) is 0 Å². The molecule has 0 aliphatic carbocycles. The van der Waals surface area contributed by atoms with Crippen molar-refractivity contribution in [2.45, 2.75) is 32.7 Å². The molecule has 92 valence electrons. The molecule has 4 heteroatoms. The van der Waals surface area contributed by atoms with Gasteiger partial charge in [-0.25, -0.2) is 0 Å². The van der Waals surface area contributed by atoms with Gasteiger partial charge in [-0.1, -0.05) is 29.8 Å². The van der Waals surface area contributed by atoms with Crippen LogP contribution in [0.1, 0.15) is 25.0 Å². The molecule has 1 aromatic rings. The zero-order chi connectivity index (χ0) is 13.1. The van der Waals surface area contributed by atoms with Crippen LogP contribution in [0.15, 0.2) is 24.3 Å². The number of benzene rings is 1. The van der Waals surface area contributed by atoms with E-state index in [1.807, 2.05) is 45.0 Å². The Morgan fingerprint density at radius 1 is 1.24 bits per heavy atom. The van der Waals surface area contributed by atoms with Crippen molar-refractivity contribution in [2.75, 3.05) is 0 Å². The largest absolute Gasteiger partial charge is 0.361 e. The minimum absolute atomic E-state index is 0.499. The molecule has 1 rings (SSSR count). The second kappa shape index (κ2) is 4.99. The lowest BCUT2D eigenvalue weighted by Gasteiger charge is -2.25.